The summed E-state index contributed by atoms with van der Waals surface area (Å²) in [6, 6.07) is 8.51. The quantitative estimate of drug-likeness (QED) is 0.891. The topological polar surface area (TPSA) is 39.2 Å². The largest absolute Gasteiger partial charge is 0.466 e. The summed E-state index contributed by atoms with van der Waals surface area (Å²) in [5.41, 5.74) is 11.2. The Bertz CT molecular complexity index is 554. The Kier molecular flexibility index (Phi) is 3.58. The molecule has 0 bridgehead atoms. The highest BCUT2D eigenvalue weighted by atomic mass is 16.3. The van der Waals surface area contributed by atoms with Gasteiger partial charge in [0, 0.05) is 11.6 Å². The molecule has 2 N–H and O–H groups in total. The van der Waals surface area contributed by atoms with Crippen LogP contribution in [0.25, 0.3) is 0 Å². The monoisotopic (exact) mass is 243 g/mol. The van der Waals surface area contributed by atoms with E-state index in [9.17, 15) is 0 Å². The summed E-state index contributed by atoms with van der Waals surface area (Å²) in [4.78, 5) is 0. The lowest BCUT2D eigenvalue weighted by molar-refractivity contribution is 0.496. The van der Waals surface area contributed by atoms with Gasteiger partial charge in [-0.15, -0.1) is 0 Å². The van der Waals surface area contributed by atoms with Crippen LogP contribution in [-0.2, 0) is 6.42 Å². The summed E-state index contributed by atoms with van der Waals surface area (Å²) in [6.07, 6.45) is 0.850. The van der Waals surface area contributed by atoms with Crippen molar-refractivity contribution in [3.63, 3.8) is 0 Å². The van der Waals surface area contributed by atoms with Crippen molar-refractivity contribution < 1.29 is 4.42 Å². The first-order chi connectivity index (χ1) is 8.49. The van der Waals surface area contributed by atoms with E-state index in [2.05, 4.69) is 38.1 Å². The number of furan rings is 1. The van der Waals surface area contributed by atoms with Crippen molar-refractivity contribution in [2.24, 2.45) is 5.73 Å². The molecule has 0 radical (unpaired) electrons. The van der Waals surface area contributed by atoms with E-state index < -0.39 is 0 Å². The van der Waals surface area contributed by atoms with Crippen LogP contribution >= 0.6 is 0 Å². The standard InChI is InChI=1S/C16H21NO/c1-10-6-5-7-14(8-10)9-15(17)16-11(2)12(3)18-13(16)4/h5-8,15H,9,17H2,1-4H3. The van der Waals surface area contributed by atoms with Gasteiger partial charge in [0.25, 0.3) is 0 Å². The third kappa shape index (κ3) is 2.49. The molecule has 0 aliphatic rings. The molecular weight excluding hydrogens is 222 g/mol. The van der Waals surface area contributed by atoms with Crippen LogP contribution in [-0.4, -0.2) is 0 Å². The second-order valence-corrected chi connectivity index (χ2v) is 5.05. The van der Waals surface area contributed by atoms with Crippen LogP contribution < -0.4 is 5.73 Å². The molecular formula is C16H21NO. The van der Waals surface area contributed by atoms with E-state index in [4.69, 9.17) is 10.2 Å². The van der Waals surface area contributed by atoms with Gasteiger partial charge in [-0.3, -0.25) is 0 Å². The van der Waals surface area contributed by atoms with Gasteiger partial charge in [-0.1, -0.05) is 29.8 Å². The minimum absolute atomic E-state index is 0.00394. The minimum atomic E-state index is 0.00394. The van der Waals surface area contributed by atoms with E-state index in [0.717, 1.165) is 23.5 Å². The average Bonchev–Trinajstić information content (AvgIpc) is 2.53. The van der Waals surface area contributed by atoms with E-state index >= 15 is 0 Å². The molecule has 0 aliphatic carbocycles. The van der Waals surface area contributed by atoms with Gasteiger partial charge < -0.3 is 10.2 Å². The molecule has 0 aliphatic heterocycles. The molecule has 1 atom stereocenters. The van der Waals surface area contributed by atoms with Gasteiger partial charge >= 0.3 is 0 Å². The van der Waals surface area contributed by atoms with Gasteiger partial charge in [0.05, 0.1) is 0 Å². The molecule has 0 fully saturated rings. The van der Waals surface area contributed by atoms with Crippen LogP contribution in [0, 0.1) is 27.7 Å². The van der Waals surface area contributed by atoms with Crippen molar-refractivity contribution >= 4 is 0 Å². The van der Waals surface area contributed by atoms with Gasteiger partial charge in [-0.2, -0.15) is 0 Å². The normalized spacial score (nSPS) is 12.7. The van der Waals surface area contributed by atoms with Crippen LogP contribution in [0.3, 0.4) is 0 Å². The molecule has 0 amide bonds. The first kappa shape index (κ1) is 12.9. The van der Waals surface area contributed by atoms with Crippen molar-refractivity contribution in [3.05, 3.63) is 58.0 Å². The van der Waals surface area contributed by atoms with Crippen molar-refractivity contribution in [2.45, 2.75) is 40.2 Å². The zero-order valence-corrected chi connectivity index (χ0v) is 11.6. The number of nitrogens with two attached hydrogens (primary N) is 1. The van der Waals surface area contributed by atoms with Crippen LogP contribution in [0.15, 0.2) is 28.7 Å². The molecule has 96 valence electrons. The first-order valence-corrected chi connectivity index (χ1v) is 6.36. The molecule has 18 heavy (non-hydrogen) atoms. The molecule has 0 saturated heterocycles. The maximum absolute atomic E-state index is 6.33. The number of hydrogen-bond donors (Lipinski definition) is 1. The third-order valence-corrected chi connectivity index (χ3v) is 3.53. The number of benzene rings is 1. The predicted octanol–water partition coefficient (Wildman–Crippen LogP) is 3.76. The summed E-state index contributed by atoms with van der Waals surface area (Å²) >= 11 is 0. The van der Waals surface area contributed by atoms with Crippen molar-refractivity contribution in [3.8, 4) is 0 Å². The van der Waals surface area contributed by atoms with E-state index in [1.54, 1.807) is 0 Å². The summed E-state index contributed by atoms with van der Waals surface area (Å²) in [6.45, 7) is 8.17. The van der Waals surface area contributed by atoms with Crippen LogP contribution in [0.1, 0.15) is 39.8 Å². The fourth-order valence-corrected chi connectivity index (χ4v) is 2.55. The Hall–Kier alpha value is -1.54. The molecule has 0 saturated carbocycles. The molecule has 2 rings (SSSR count). The highest BCUT2D eigenvalue weighted by Crippen LogP contribution is 2.27. The van der Waals surface area contributed by atoms with Gasteiger partial charge in [-0.05, 0) is 45.2 Å². The number of hydrogen-bond acceptors (Lipinski definition) is 2. The lowest BCUT2D eigenvalue weighted by atomic mass is 9.96. The Morgan fingerprint density at radius 3 is 2.39 bits per heavy atom. The number of rotatable bonds is 3. The van der Waals surface area contributed by atoms with E-state index in [1.165, 1.54) is 16.7 Å². The molecule has 2 heteroatoms. The van der Waals surface area contributed by atoms with Crippen molar-refractivity contribution in [1.82, 2.24) is 0 Å². The first-order valence-electron chi connectivity index (χ1n) is 6.36. The van der Waals surface area contributed by atoms with Crippen LogP contribution in [0.2, 0.25) is 0 Å². The van der Waals surface area contributed by atoms with Crippen LogP contribution in [0.4, 0.5) is 0 Å². The molecule has 2 nitrogen and oxygen atoms in total. The molecule has 1 aromatic carbocycles. The zero-order chi connectivity index (χ0) is 13.3. The fraction of sp³-hybridized carbons (Fsp3) is 0.375. The highest BCUT2D eigenvalue weighted by Gasteiger charge is 2.18. The molecule has 1 aromatic heterocycles. The Morgan fingerprint density at radius 1 is 1.11 bits per heavy atom. The van der Waals surface area contributed by atoms with E-state index in [-0.39, 0.29) is 6.04 Å². The van der Waals surface area contributed by atoms with E-state index in [1.807, 2.05) is 13.8 Å². The Labute approximate surface area is 109 Å². The van der Waals surface area contributed by atoms with Crippen molar-refractivity contribution in [2.75, 3.05) is 0 Å². The molecule has 0 spiro atoms. The maximum atomic E-state index is 6.33. The molecule has 1 heterocycles. The third-order valence-electron chi connectivity index (χ3n) is 3.53. The minimum Gasteiger partial charge on any atom is -0.466 e. The SMILES string of the molecule is Cc1cccc(CC(N)c2c(C)oc(C)c2C)c1. The average molecular weight is 243 g/mol. The lowest BCUT2D eigenvalue weighted by Gasteiger charge is -2.13. The lowest BCUT2D eigenvalue weighted by Crippen LogP contribution is -2.14. The summed E-state index contributed by atoms with van der Waals surface area (Å²) in [5, 5.41) is 0. The molecule has 1 unspecified atom stereocenters. The smallest absolute Gasteiger partial charge is 0.106 e. The predicted molar refractivity (Wildman–Crippen MR) is 74.7 cm³/mol. The van der Waals surface area contributed by atoms with Gasteiger partial charge in [0.15, 0.2) is 0 Å². The summed E-state index contributed by atoms with van der Waals surface area (Å²) in [5.74, 6) is 1.92. The van der Waals surface area contributed by atoms with E-state index in [0.29, 0.717) is 0 Å². The highest BCUT2D eigenvalue weighted by molar-refractivity contribution is 5.35. The van der Waals surface area contributed by atoms with Crippen LogP contribution in [0.5, 0.6) is 0 Å². The van der Waals surface area contributed by atoms with Crippen molar-refractivity contribution in [1.29, 1.82) is 0 Å². The molecule has 2 aromatic rings. The maximum Gasteiger partial charge on any atom is 0.106 e. The second-order valence-electron chi connectivity index (χ2n) is 5.05. The fourth-order valence-electron chi connectivity index (χ4n) is 2.55. The Balaban J connectivity index is 2.24. The second kappa shape index (κ2) is 4.99. The van der Waals surface area contributed by atoms with Gasteiger partial charge in [0.1, 0.15) is 11.5 Å². The van der Waals surface area contributed by atoms with Gasteiger partial charge in [0.2, 0.25) is 0 Å². The summed E-state index contributed by atoms with van der Waals surface area (Å²) < 4.78 is 5.65. The van der Waals surface area contributed by atoms with Gasteiger partial charge in [-0.25, -0.2) is 0 Å². The summed E-state index contributed by atoms with van der Waals surface area (Å²) in [7, 11) is 0. The Morgan fingerprint density at radius 2 is 1.83 bits per heavy atom. The number of aryl methyl sites for hydroxylation is 3. The zero-order valence-electron chi connectivity index (χ0n) is 11.6.